The molecule has 5 N–H and O–H groups in total. The van der Waals surface area contributed by atoms with Crippen molar-refractivity contribution in [1.29, 1.82) is 0 Å². The minimum absolute atomic E-state index is 0.198. The normalized spacial score (nSPS) is 16.3. The molecule has 2 heterocycles. The Labute approximate surface area is 92.3 Å². The van der Waals surface area contributed by atoms with Gasteiger partial charge in [-0.2, -0.15) is 26.7 Å². The van der Waals surface area contributed by atoms with Crippen molar-refractivity contribution in [1.82, 2.24) is 20.3 Å². The summed E-state index contributed by atoms with van der Waals surface area (Å²) in [7, 11) is 0. The topological polar surface area (TPSA) is 103 Å². The average Bonchev–Trinajstić information content (AvgIpc) is 2.07. The molecule has 0 aliphatic carbocycles. The Hall–Kier alpha value is -1.08. The van der Waals surface area contributed by atoms with E-state index in [1.165, 1.54) is 0 Å². The van der Waals surface area contributed by atoms with Crippen LogP contribution in [0.4, 0.5) is 11.9 Å². The highest BCUT2D eigenvalue weighted by Crippen LogP contribution is 2.16. The third kappa shape index (κ3) is 2.93. The number of nitrogens with one attached hydrogen (secondary N) is 1. The molecule has 15 heavy (non-hydrogen) atoms. The number of hydrogen-bond acceptors (Lipinski definition) is 7. The number of rotatable bonds is 4. The quantitative estimate of drug-likeness (QED) is 0.635. The third-order valence-electron chi connectivity index (χ3n) is 2.17. The van der Waals surface area contributed by atoms with Crippen molar-refractivity contribution < 1.29 is 0 Å². The molecule has 0 radical (unpaired) electrons. The molecular weight excluding hydrogens is 212 g/mol. The molecule has 0 aromatic carbocycles. The second-order valence-electron chi connectivity index (χ2n) is 3.51. The second-order valence-corrected chi connectivity index (χ2v) is 4.54. The first-order valence-corrected chi connectivity index (χ1v) is 5.94. The van der Waals surface area contributed by atoms with Crippen LogP contribution in [0, 0.1) is 5.92 Å². The smallest absolute Gasteiger partial charge is 0.225 e. The predicted octanol–water partition coefficient (Wildman–Crippen LogP) is -0.511. The van der Waals surface area contributed by atoms with E-state index in [9.17, 15) is 0 Å². The van der Waals surface area contributed by atoms with Crippen LogP contribution in [0.2, 0.25) is 0 Å². The van der Waals surface area contributed by atoms with Crippen molar-refractivity contribution >= 4 is 23.7 Å². The van der Waals surface area contributed by atoms with E-state index in [4.69, 9.17) is 11.5 Å². The summed E-state index contributed by atoms with van der Waals surface area (Å²) in [5.74, 6) is 3.71. The molecule has 0 spiro atoms. The summed E-state index contributed by atoms with van der Waals surface area (Å²) in [6.07, 6.45) is 0. The van der Waals surface area contributed by atoms with Crippen molar-refractivity contribution in [3.8, 4) is 0 Å². The molecule has 1 aliphatic rings. The Kier molecular flexibility index (Phi) is 3.22. The summed E-state index contributed by atoms with van der Waals surface area (Å²) in [6.45, 7) is 2.24. The molecule has 1 aromatic rings. The molecule has 6 nitrogen and oxygen atoms in total. The van der Waals surface area contributed by atoms with Gasteiger partial charge in [-0.15, -0.1) is 0 Å². The lowest BCUT2D eigenvalue weighted by Crippen LogP contribution is -2.43. The van der Waals surface area contributed by atoms with Gasteiger partial charge >= 0.3 is 0 Å². The van der Waals surface area contributed by atoms with Crippen molar-refractivity contribution in [2.24, 2.45) is 5.92 Å². The highest BCUT2D eigenvalue weighted by molar-refractivity contribution is 7.98. The number of anilines is 2. The molecule has 2 rings (SSSR count). The minimum Gasteiger partial charge on any atom is -0.368 e. The van der Waals surface area contributed by atoms with Gasteiger partial charge in [0.25, 0.3) is 0 Å². The van der Waals surface area contributed by atoms with Crippen molar-refractivity contribution in [2.75, 3.05) is 30.3 Å². The Bertz CT molecular complexity index is 320. The first kappa shape index (κ1) is 10.4. The monoisotopic (exact) mass is 226 g/mol. The number of nitrogen functional groups attached to an aromatic ring is 2. The Balaban J connectivity index is 1.81. The maximum Gasteiger partial charge on any atom is 0.225 e. The summed E-state index contributed by atoms with van der Waals surface area (Å²) in [6, 6.07) is 0. The van der Waals surface area contributed by atoms with Gasteiger partial charge in [0.1, 0.15) is 5.82 Å². The van der Waals surface area contributed by atoms with Gasteiger partial charge in [0.05, 0.1) is 5.75 Å². The zero-order valence-corrected chi connectivity index (χ0v) is 9.13. The predicted molar refractivity (Wildman–Crippen MR) is 61.2 cm³/mol. The van der Waals surface area contributed by atoms with Gasteiger partial charge in [-0.05, 0) is 24.8 Å². The number of hydrogen-bond donors (Lipinski definition) is 3. The molecule has 1 aliphatic heterocycles. The van der Waals surface area contributed by atoms with Crippen LogP contribution in [0.15, 0.2) is 0 Å². The van der Waals surface area contributed by atoms with Crippen LogP contribution < -0.4 is 16.8 Å². The molecule has 1 saturated heterocycles. The van der Waals surface area contributed by atoms with Crippen LogP contribution in [-0.4, -0.2) is 33.8 Å². The van der Waals surface area contributed by atoms with Crippen molar-refractivity contribution in [2.45, 2.75) is 5.75 Å². The Morgan fingerprint density at radius 3 is 2.40 bits per heavy atom. The molecule has 0 bridgehead atoms. The fourth-order valence-corrected chi connectivity index (χ4v) is 2.30. The third-order valence-corrected chi connectivity index (χ3v) is 3.34. The molecule has 0 atom stereocenters. The lowest BCUT2D eigenvalue weighted by molar-refractivity contribution is 0.385. The van der Waals surface area contributed by atoms with Crippen LogP contribution in [0.1, 0.15) is 5.82 Å². The molecule has 0 unspecified atom stereocenters. The SMILES string of the molecule is Nc1nc(N)nc(CSCC2CNC2)n1. The molecule has 7 heteroatoms. The summed E-state index contributed by atoms with van der Waals surface area (Å²) in [4.78, 5) is 11.7. The fraction of sp³-hybridized carbons (Fsp3) is 0.625. The van der Waals surface area contributed by atoms with Crippen LogP contribution in [0.3, 0.4) is 0 Å². The van der Waals surface area contributed by atoms with Crippen molar-refractivity contribution in [3.63, 3.8) is 0 Å². The standard InChI is InChI=1S/C8H14N6S/c9-7-12-6(13-8(10)14-7)4-15-3-5-1-11-2-5/h5,11H,1-4H2,(H4,9,10,12,13,14). The molecule has 0 saturated carbocycles. The highest BCUT2D eigenvalue weighted by atomic mass is 32.2. The van der Waals surface area contributed by atoms with Gasteiger partial charge in [0.2, 0.25) is 11.9 Å². The summed E-state index contributed by atoms with van der Waals surface area (Å²) >= 11 is 1.80. The van der Waals surface area contributed by atoms with E-state index in [0.717, 1.165) is 30.5 Å². The molecule has 82 valence electrons. The lowest BCUT2D eigenvalue weighted by Gasteiger charge is -2.26. The van der Waals surface area contributed by atoms with E-state index in [2.05, 4.69) is 20.3 Å². The zero-order valence-electron chi connectivity index (χ0n) is 8.31. The van der Waals surface area contributed by atoms with Crippen LogP contribution in [0.5, 0.6) is 0 Å². The van der Waals surface area contributed by atoms with E-state index in [-0.39, 0.29) is 11.9 Å². The molecule has 1 fully saturated rings. The van der Waals surface area contributed by atoms with Crippen LogP contribution in [-0.2, 0) is 5.75 Å². The highest BCUT2D eigenvalue weighted by Gasteiger charge is 2.16. The van der Waals surface area contributed by atoms with E-state index >= 15 is 0 Å². The summed E-state index contributed by atoms with van der Waals surface area (Å²) in [5.41, 5.74) is 10.9. The average molecular weight is 226 g/mol. The molecule has 0 amide bonds. The first-order valence-electron chi connectivity index (χ1n) is 4.78. The van der Waals surface area contributed by atoms with E-state index < -0.39 is 0 Å². The van der Waals surface area contributed by atoms with E-state index in [1.54, 1.807) is 11.8 Å². The maximum absolute atomic E-state index is 5.47. The van der Waals surface area contributed by atoms with Gasteiger partial charge < -0.3 is 16.8 Å². The van der Waals surface area contributed by atoms with E-state index in [0.29, 0.717) is 5.82 Å². The van der Waals surface area contributed by atoms with Gasteiger partial charge in [0, 0.05) is 0 Å². The Morgan fingerprint density at radius 1 is 1.20 bits per heavy atom. The molecular formula is C8H14N6S. The second kappa shape index (κ2) is 4.63. The number of nitrogens with two attached hydrogens (primary N) is 2. The van der Waals surface area contributed by atoms with E-state index in [1.807, 2.05) is 0 Å². The van der Waals surface area contributed by atoms with Gasteiger partial charge in [0.15, 0.2) is 0 Å². The summed E-state index contributed by atoms with van der Waals surface area (Å²) < 4.78 is 0. The Morgan fingerprint density at radius 2 is 1.87 bits per heavy atom. The van der Waals surface area contributed by atoms with Crippen LogP contribution in [0.25, 0.3) is 0 Å². The van der Waals surface area contributed by atoms with Gasteiger partial charge in [-0.25, -0.2) is 0 Å². The number of nitrogens with zero attached hydrogens (tertiary/aromatic N) is 3. The molecule has 1 aromatic heterocycles. The minimum atomic E-state index is 0.198. The summed E-state index contributed by atoms with van der Waals surface area (Å²) in [5, 5.41) is 3.23. The maximum atomic E-state index is 5.47. The van der Waals surface area contributed by atoms with Crippen molar-refractivity contribution in [3.05, 3.63) is 5.82 Å². The largest absolute Gasteiger partial charge is 0.368 e. The van der Waals surface area contributed by atoms with Gasteiger partial charge in [-0.1, -0.05) is 0 Å². The van der Waals surface area contributed by atoms with Crippen LogP contribution >= 0.6 is 11.8 Å². The lowest BCUT2D eigenvalue weighted by atomic mass is 10.1. The van der Waals surface area contributed by atoms with Gasteiger partial charge in [-0.3, -0.25) is 0 Å². The number of thioether (sulfide) groups is 1. The zero-order chi connectivity index (χ0) is 10.7. The first-order chi connectivity index (χ1) is 7.24. The number of aromatic nitrogens is 3. The fourth-order valence-electron chi connectivity index (χ4n) is 1.30.